The van der Waals surface area contributed by atoms with E-state index in [0.29, 0.717) is 41.1 Å². The molecule has 0 aliphatic rings. The molecule has 0 unspecified atom stereocenters. The second-order valence-corrected chi connectivity index (χ2v) is 7.68. The number of hydrogen-bond donors (Lipinski definition) is 1. The van der Waals surface area contributed by atoms with Crippen LogP contribution in [-0.2, 0) is 22.6 Å². The molecule has 34 heavy (non-hydrogen) atoms. The van der Waals surface area contributed by atoms with Gasteiger partial charge in [-0.2, -0.15) is 0 Å². The maximum atomic E-state index is 13.1. The molecular weight excluding hydrogens is 434 g/mol. The largest absolute Gasteiger partial charge is 0.457 e. The number of ether oxygens (including phenoxy) is 2. The molecule has 1 N–H and O–H groups in total. The van der Waals surface area contributed by atoms with Crippen LogP contribution in [0.5, 0.6) is 11.5 Å². The summed E-state index contributed by atoms with van der Waals surface area (Å²) in [6.45, 7) is 0.399. The third-order valence-corrected chi connectivity index (χ3v) is 5.28. The maximum absolute atomic E-state index is 13.1. The van der Waals surface area contributed by atoms with E-state index in [0.717, 1.165) is 4.57 Å². The van der Waals surface area contributed by atoms with Crippen LogP contribution in [0.15, 0.2) is 88.5 Å². The van der Waals surface area contributed by atoms with Gasteiger partial charge < -0.3 is 14.8 Å². The molecule has 8 nitrogen and oxygen atoms in total. The molecule has 1 amide bonds. The average molecular weight is 460 g/mol. The Morgan fingerprint density at radius 3 is 2.26 bits per heavy atom. The number of fused-ring (bicyclic) bond motifs is 1. The van der Waals surface area contributed by atoms with E-state index in [1.165, 1.54) is 4.57 Å². The highest BCUT2D eigenvalue weighted by molar-refractivity contribution is 5.91. The molecule has 1 heterocycles. The molecular formula is C26H25N3O5. The fraction of sp³-hybridized carbons (Fsp3) is 0.192. The van der Waals surface area contributed by atoms with E-state index < -0.39 is 5.69 Å². The summed E-state index contributed by atoms with van der Waals surface area (Å²) < 4.78 is 13.3. The average Bonchev–Trinajstić information content (AvgIpc) is 2.86. The van der Waals surface area contributed by atoms with Crippen molar-refractivity contribution in [3.63, 3.8) is 0 Å². The number of carbonyl (C=O) groups is 1. The van der Waals surface area contributed by atoms with Crippen molar-refractivity contribution < 1.29 is 14.3 Å². The highest BCUT2D eigenvalue weighted by Gasteiger charge is 2.15. The summed E-state index contributed by atoms with van der Waals surface area (Å²) in [5, 5.41) is 3.18. The number of anilines is 1. The van der Waals surface area contributed by atoms with E-state index in [9.17, 15) is 14.4 Å². The number of nitrogens with zero attached hydrogens (tertiary/aromatic N) is 2. The predicted octanol–water partition coefficient (Wildman–Crippen LogP) is 3.63. The normalized spacial score (nSPS) is 10.9. The van der Waals surface area contributed by atoms with Crippen molar-refractivity contribution in [2.75, 3.05) is 19.0 Å². The minimum absolute atomic E-state index is 0.209. The Balaban J connectivity index is 1.53. The molecule has 3 aromatic carbocycles. The van der Waals surface area contributed by atoms with E-state index in [4.69, 9.17) is 9.47 Å². The molecule has 1 aromatic heterocycles. The smallest absolute Gasteiger partial charge is 0.331 e. The number of methoxy groups -OCH3 is 1. The van der Waals surface area contributed by atoms with Crippen LogP contribution in [0.25, 0.3) is 10.9 Å². The summed E-state index contributed by atoms with van der Waals surface area (Å²) >= 11 is 0. The minimum atomic E-state index is -0.526. The first kappa shape index (κ1) is 23.0. The third kappa shape index (κ3) is 5.24. The summed E-state index contributed by atoms with van der Waals surface area (Å²) in [6.07, 6.45) is 0.508. The zero-order valence-electron chi connectivity index (χ0n) is 18.8. The van der Waals surface area contributed by atoms with Gasteiger partial charge in [0.2, 0.25) is 5.91 Å². The molecule has 0 bridgehead atoms. The van der Waals surface area contributed by atoms with Crippen LogP contribution in [0.1, 0.15) is 6.42 Å². The number of hydrogen-bond acceptors (Lipinski definition) is 5. The molecule has 0 aliphatic heterocycles. The first-order valence-corrected chi connectivity index (χ1v) is 10.9. The van der Waals surface area contributed by atoms with Crippen LogP contribution < -0.4 is 21.3 Å². The number of para-hydroxylation sites is 2. The Kier molecular flexibility index (Phi) is 7.19. The Morgan fingerprint density at radius 2 is 1.53 bits per heavy atom. The molecule has 0 spiro atoms. The number of aromatic nitrogens is 2. The lowest BCUT2D eigenvalue weighted by Gasteiger charge is -2.14. The lowest BCUT2D eigenvalue weighted by atomic mass is 10.2. The van der Waals surface area contributed by atoms with Crippen molar-refractivity contribution in [1.29, 1.82) is 0 Å². The van der Waals surface area contributed by atoms with Gasteiger partial charge in [0.05, 0.1) is 10.9 Å². The van der Waals surface area contributed by atoms with E-state index in [1.807, 2.05) is 30.3 Å². The Hall–Kier alpha value is -4.17. The second kappa shape index (κ2) is 10.6. The zero-order valence-corrected chi connectivity index (χ0v) is 18.8. The van der Waals surface area contributed by atoms with Crippen LogP contribution in [0, 0.1) is 0 Å². The molecule has 0 saturated heterocycles. The summed E-state index contributed by atoms with van der Waals surface area (Å²) in [5.74, 6) is 0.965. The molecule has 0 aliphatic carbocycles. The van der Waals surface area contributed by atoms with Gasteiger partial charge in [0.25, 0.3) is 5.56 Å². The van der Waals surface area contributed by atoms with Gasteiger partial charge in [-0.05, 0) is 55.0 Å². The van der Waals surface area contributed by atoms with Crippen molar-refractivity contribution in [1.82, 2.24) is 9.13 Å². The van der Waals surface area contributed by atoms with Crippen LogP contribution >= 0.6 is 0 Å². The Bertz CT molecular complexity index is 1390. The van der Waals surface area contributed by atoms with Crippen LogP contribution in [-0.4, -0.2) is 28.8 Å². The lowest BCUT2D eigenvalue weighted by Crippen LogP contribution is -2.42. The maximum Gasteiger partial charge on any atom is 0.331 e. The fourth-order valence-corrected chi connectivity index (χ4v) is 3.66. The summed E-state index contributed by atoms with van der Waals surface area (Å²) in [5.41, 5.74) is 0.0855. The van der Waals surface area contributed by atoms with Gasteiger partial charge in [0, 0.05) is 25.9 Å². The lowest BCUT2D eigenvalue weighted by molar-refractivity contribution is -0.116. The highest BCUT2D eigenvalue weighted by Crippen LogP contribution is 2.22. The second-order valence-electron chi connectivity index (χ2n) is 7.68. The molecule has 0 radical (unpaired) electrons. The van der Waals surface area contributed by atoms with Crippen molar-refractivity contribution in [3.05, 3.63) is 99.7 Å². The van der Waals surface area contributed by atoms with Gasteiger partial charge in [0.15, 0.2) is 0 Å². The van der Waals surface area contributed by atoms with Gasteiger partial charge in [-0.15, -0.1) is 0 Å². The first-order valence-electron chi connectivity index (χ1n) is 10.9. The van der Waals surface area contributed by atoms with E-state index in [2.05, 4.69) is 5.32 Å². The monoisotopic (exact) mass is 459 g/mol. The number of nitrogens with one attached hydrogen (secondary N) is 1. The van der Waals surface area contributed by atoms with Gasteiger partial charge in [-0.25, -0.2) is 4.79 Å². The van der Waals surface area contributed by atoms with E-state index in [1.54, 1.807) is 55.6 Å². The molecule has 8 heteroatoms. The molecule has 4 rings (SSSR count). The molecule has 0 atom stereocenters. The van der Waals surface area contributed by atoms with Crippen molar-refractivity contribution >= 4 is 22.5 Å². The van der Waals surface area contributed by atoms with Crippen molar-refractivity contribution in [2.45, 2.75) is 19.5 Å². The quantitative estimate of drug-likeness (QED) is 0.386. The first-order chi connectivity index (χ1) is 16.6. The predicted molar refractivity (Wildman–Crippen MR) is 131 cm³/mol. The Labute approximate surface area is 196 Å². The summed E-state index contributed by atoms with van der Waals surface area (Å²) in [6, 6.07) is 23.1. The van der Waals surface area contributed by atoms with E-state index >= 15 is 0 Å². The zero-order chi connectivity index (χ0) is 23.9. The van der Waals surface area contributed by atoms with Crippen molar-refractivity contribution in [3.8, 4) is 11.5 Å². The van der Waals surface area contributed by atoms with E-state index in [-0.39, 0.29) is 24.6 Å². The number of amides is 1. The number of rotatable bonds is 9. The number of benzene rings is 3. The Morgan fingerprint density at radius 1 is 0.853 bits per heavy atom. The third-order valence-electron chi connectivity index (χ3n) is 5.28. The van der Waals surface area contributed by atoms with Crippen LogP contribution in [0.4, 0.5) is 5.69 Å². The summed E-state index contributed by atoms with van der Waals surface area (Å²) in [4.78, 5) is 38.7. The molecule has 0 saturated carbocycles. The van der Waals surface area contributed by atoms with Gasteiger partial charge in [-0.1, -0.05) is 30.3 Å². The highest BCUT2D eigenvalue weighted by atomic mass is 16.5. The van der Waals surface area contributed by atoms with Gasteiger partial charge >= 0.3 is 5.69 Å². The summed E-state index contributed by atoms with van der Waals surface area (Å²) in [7, 11) is 1.56. The van der Waals surface area contributed by atoms with Gasteiger partial charge in [0.1, 0.15) is 18.0 Å². The van der Waals surface area contributed by atoms with Crippen LogP contribution in [0.3, 0.4) is 0 Å². The molecule has 4 aromatic rings. The van der Waals surface area contributed by atoms with Crippen molar-refractivity contribution in [2.24, 2.45) is 0 Å². The SMILES string of the molecule is COCCCn1c(=O)c2ccccc2n(CC(=O)Nc2ccc(Oc3ccccc3)cc2)c1=O. The minimum Gasteiger partial charge on any atom is -0.457 e. The molecule has 174 valence electrons. The molecule has 0 fully saturated rings. The standard InChI is InChI=1S/C26H25N3O5/c1-33-17-7-16-28-25(31)22-10-5-6-11-23(22)29(26(28)32)18-24(30)27-19-12-14-21(15-13-19)34-20-8-3-2-4-9-20/h2-6,8-15H,7,16-18H2,1H3,(H,27,30). The van der Waals surface area contributed by atoms with Crippen LogP contribution in [0.2, 0.25) is 0 Å². The topological polar surface area (TPSA) is 91.6 Å². The van der Waals surface area contributed by atoms with Gasteiger partial charge in [-0.3, -0.25) is 18.7 Å². The fourth-order valence-electron chi connectivity index (χ4n) is 3.66. The number of carbonyl (C=O) groups excluding carboxylic acids is 1.